The van der Waals surface area contributed by atoms with Crippen LogP contribution in [0.3, 0.4) is 0 Å². The minimum atomic E-state index is 0.420. The number of hydrogen-bond donors (Lipinski definition) is 1. The summed E-state index contributed by atoms with van der Waals surface area (Å²) in [6, 6.07) is 6.34. The van der Waals surface area contributed by atoms with Gasteiger partial charge in [0.05, 0.1) is 20.2 Å². The Hall–Kier alpha value is -1.40. The van der Waals surface area contributed by atoms with Gasteiger partial charge in [-0.05, 0) is 23.8 Å². The van der Waals surface area contributed by atoms with Crippen LogP contribution in [0.2, 0.25) is 0 Å². The lowest BCUT2D eigenvalue weighted by molar-refractivity contribution is 0.414. The topological polar surface area (TPSA) is 52.0 Å². The molecule has 0 spiro atoms. The van der Waals surface area contributed by atoms with Crippen LogP contribution >= 0.6 is 15.9 Å². The van der Waals surface area contributed by atoms with Crippen molar-refractivity contribution in [2.45, 2.75) is 33.0 Å². The predicted molar refractivity (Wildman–Crippen MR) is 81.8 cm³/mol. The molecule has 108 valence electrons. The third-order valence-corrected chi connectivity index (χ3v) is 3.71. The van der Waals surface area contributed by atoms with E-state index < -0.39 is 0 Å². The average molecular weight is 339 g/mol. The van der Waals surface area contributed by atoms with Crippen molar-refractivity contribution in [1.82, 2.24) is 20.1 Å². The highest BCUT2D eigenvalue weighted by molar-refractivity contribution is 9.10. The van der Waals surface area contributed by atoms with Crippen molar-refractivity contribution in [3.63, 3.8) is 0 Å². The summed E-state index contributed by atoms with van der Waals surface area (Å²) in [4.78, 5) is 4.30. The number of methoxy groups -OCH3 is 1. The van der Waals surface area contributed by atoms with Crippen LogP contribution in [0.15, 0.2) is 29.0 Å². The smallest absolute Gasteiger partial charge is 0.141 e. The van der Waals surface area contributed by atoms with Crippen molar-refractivity contribution >= 4 is 15.9 Å². The molecule has 0 atom stereocenters. The van der Waals surface area contributed by atoms with Gasteiger partial charge in [0.25, 0.3) is 0 Å². The Morgan fingerprint density at radius 2 is 2.20 bits per heavy atom. The van der Waals surface area contributed by atoms with Gasteiger partial charge >= 0.3 is 0 Å². The maximum Gasteiger partial charge on any atom is 0.141 e. The number of rotatable bonds is 6. The molecule has 0 radical (unpaired) electrons. The van der Waals surface area contributed by atoms with Gasteiger partial charge in [-0.3, -0.25) is 0 Å². The van der Waals surface area contributed by atoms with Crippen molar-refractivity contribution in [2.75, 3.05) is 7.11 Å². The van der Waals surface area contributed by atoms with Crippen molar-refractivity contribution < 1.29 is 4.74 Å². The van der Waals surface area contributed by atoms with E-state index in [9.17, 15) is 0 Å². The summed E-state index contributed by atoms with van der Waals surface area (Å²) in [6.07, 6.45) is 1.59. The molecule has 0 fully saturated rings. The Bertz CT molecular complexity index is 568. The Balaban J connectivity index is 2.16. The molecule has 0 amide bonds. The molecule has 1 heterocycles. The molecule has 0 unspecified atom stereocenters. The van der Waals surface area contributed by atoms with Gasteiger partial charge in [0.2, 0.25) is 0 Å². The van der Waals surface area contributed by atoms with Crippen molar-refractivity contribution in [2.24, 2.45) is 0 Å². The average Bonchev–Trinajstić information content (AvgIpc) is 2.86. The molecule has 0 aliphatic heterocycles. The lowest BCUT2D eigenvalue weighted by Crippen LogP contribution is -2.24. The normalized spacial score (nSPS) is 11.1. The Morgan fingerprint density at radius 1 is 1.40 bits per heavy atom. The third-order valence-electron chi connectivity index (χ3n) is 2.94. The van der Waals surface area contributed by atoms with Crippen molar-refractivity contribution in [3.8, 4) is 5.75 Å². The maximum atomic E-state index is 5.26. The molecule has 5 nitrogen and oxygen atoms in total. The molecule has 0 saturated carbocycles. The first-order chi connectivity index (χ1) is 9.60. The molecule has 2 rings (SSSR count). The molecule has 0 aliphatic carbocycles. The molecule has 1 N–H and O–H groups in total. The minimum Gasteiger partial charge on any atom is -0.497 e. The molecule has 2 aromatic rings. The monoisotopic (exact) mass is 338 g/mol. The van der Waals surface area contributed by atoms with Crippen LogP contribution in [0.25, 0.3) is 0 Å². The van der Waals surface area contributed by atoms with Gasteiger partial charge < -0.3 is 10.1 Å². The zero-order valence-electron chi connectivity index (χ0n) is 11.9. The summed E-state index contributed by atoms with van der Waals surface area (Å²) in [7, 11) is 1.67. The van der Waals surface area contributed by atoms with Gasteiger partial charge in [-0.25, -0.2) is 9.67 Å². The Kier molecular flexibility index (Phi) is 5.14. The molecular weight excluding hydrogens is 320 g/mol. The number of halogens is 1. The Labute approximate surface area is 127 Å². The molecule has 20 heavy (non-hydrogen) atoms. The largest absolute Gasteiger partial charge is 0.497 e. The van der Waals surface area contributed by atoms with E-state index in [1.807, 2.05) is 22.9 Å². The fourth-order valence-corrected chi connectivity index (χ4v) is 2.19. The van der Waals surface area contributed by atoms with Crippen LogP contribution in [0, 0.1) is 0 Å². The summed E-state index contributed by atoms with van der Waals surface area (Å²) < 4.78 is 8.20. The third kappa shape index (κ3) is 3.80. The fourth-order valence-electron chi connectivity index (χ4n) is 1.81. The highest BCUT2D eigenvalue weighted by Crippen LogP contribution is 2.23. The standard InChI is InChI=1S/C14H19BrN4O/c1-10(2)16-7-14-17-9-18-19(14)8-11-6-12(20-3)4-5-13(11)15/h4-6,9-10,16H,7-8H2,1-3H3. The van der Waals surface area contributed by atoms with Crippen LogP contribution in [-0.4, -0.2) is 27.9 Å². The summed E-state index contributed by atoms with van der Waals surface area (Å²) in [5.41, 5.74) is 1.11. The lowest BCUT2D eigenvalue weighted by atomic mass is 10.2. The highest BCUT2D eigenvalue weighted by atomic mass is 79.9. The Morgan fingerprint density at radius 3 is 2.90 bits per heavy atom. The molecule has 0 bridgehead atoms. The molecular formula is C14H19BrN4O. The maximum absolute atomic E-state index is 5.26. The van der Waals surface area contributed by atoms with Crippen LogP contribution in [0.1, 0.15) is 25.2 Å². The van der Waals surface area contributed by atoms with Gasteiger partial charge in [0.15, 0.2) is 0 Å². The predicted octanol–water partition coefficient (Wildman–Crippen LogP) is 2.60. The number of nitrogens with one attached hydrogen (secondary N) is 1. The molecule has 0 saturated heterocycles. The summed E-state index contributed by atoms with van der Waals surface area (Å²) in [5, 5.41) is 7.64. The van der Waals surface area contributed by atoms with Crippen LogP contribution in [-0.2, 0) is 13.1 Å². The second-order valence-electron chi connectivity index (χ2n) is 4.83. The van der Waals surface area contributed by atoms with Gasteiger partial charge in [0, 0.05) is 10.5 Å². The van der Waals surface area contributed by atoms with E-state index >= 15 is 0 Å². The van der Waals surface area contributed by atoms with Crippen molar-refractivity contribution in [1.29, 1.82) is 0 Å². The second kappa shape index (κ2) is 6.85. The zero-order chi connectivity index (χ0) is 14.5. The second-order valence-corrected chi connectivity index (χ2v) is 5.68. The van der Waals surface area contributed by atoms with E-state index in [4.69, 9.17) is 4.74 Å². The summed E-state index contributed by atoms with van der Waals surface area (Å²) >= 11 is 3.56. The van der Waals surface area contributed by atoms with E-state index in [2.05, 4.69) is 45.2 Å². The van der Waals surface area contributed by atoms with E-state index in [0.29, 0.717) is 19.1 Å². The molecule has 1 aromatic carbocycles. The summed E-state index contributed by atoms with van der Waals surface area (Å²) in [6.45, 7) is 5.59. The fraction of sp³-hybridized carbons (Fsp3) is 0.429. The molecule has 6 heteroatoms. The van der Waals surface area contributed by atoms with Crippen LogP contribution < -0.4 is 10.1 Å². The van der Waals surface area contributed by atoms with Crippen LogP contribution in [0.5, 0.6) is 5.75 Å². The van der Waals surface area contributed by atoms with Gasteiger partial charge in [0.1, 0.15) is 17.9 Å². The van der Waals surface area contributed by atoms with Gasteiger partial charge in [-0.15, -0.1) is 0 Å². The minimum absolute atomic E-state index is 0.420. The van der Waals surface area contributed by atoms with Crippen molar-refractivity contribution in [3.05, 3.63) is 40.4 Å². The number of hydrogen-bond acceptors (Lipinski definition) is 4. The number of benzene rings is 1. The van der Waals surface area contributed by atoms with Gasteiger partial charge in [-0.2, -0.15) is 5.10 Å². The van der Waals surface area contributed by atoms with E-state index in [1.165, 1.54) is 0 Å². The highest BCUT2D eigenvalue weighted by Gasteiger charge is 2.08. The number of aromatic nitrogens is 3. The van der Waals surface area contributed by atoms with E-state index in [-0.39, 0.29) is 0 Å². The van der Waals surface area contributed by atoms with Gasteiger partial charge in [-0.1, -0.05) is 29.8 Å². The summed E-state index contributed by atoms with van der Waals surface area (Å²) in [5.74, 6) is 1.76. The number of nitrogens with zero attached hydrogens (tertiary/aromatic N) is 3. The molecule has 1 aromatic heterocycles. The van der Waals surface area contributed by atoms with Crippen LogP contribution in [0.4, 0.5) is 0 Å². The first kappa shape index (κ1) is 15.0. The zero-order valence-corrected chi connectivity index (χ0v) is 13.5. The molecule has 0 aliphatic rings. The first-order valence-corrected chi connectivity index (χ1v) is 7.32. The lowest BCUT2D eigenvalue weighted by Gasteiger charge is -2.11. The van der Waals surface area contributed by atoms with E-state index in [1.54, 1.807) is 13.4 Å². The number of ether oxygens (including phenoxy) is 1. The quantitative estimate of drug-likeness (QED) is 0.879. The SMILES string of the molecule is COc1ccc(Br)c(Cn2ncnc2CNC(C)C)c1. The first-order valence-electron chi connectivity index (χ1n) is 6.52. The van der Waals surface area contributed by atoms with E-state index in [0.717, 1.165) is 21.6 Å².